The quantitative estimate of drug-likeness (QED) is 0.112. The molecule has 2 aliphatic heterocycles. The monoisotopic (exact) mass is 804 g/mol. The summed E-state index contributed by atoms with van der Waals surface area (Å²) in [4.78, 5) is 5.17. The van der Waals surface area contributed by atoms with Crippen molar-refractivity contribution < 1.29 is 0 Å². The summed E-state index contributed by atoms with van der Waals surface area (Å²) in [5.74, 6) is 0.847. The molecule has 2 heterocycles. The smallest absolute Gasteiger partial charge is 0.252 e. The van der Waals surface area contributed by atoms with Crippen LogP contribution in [0.3, 0.4) is 0 Å². The fourth-order valence-electron chi connectivity index (χ4n) is 10.5. The van der Waals surface area contributed by atoms with Gasteiger partial charge in [0.25, 0.3) is 6.71 Å². The van der Waals surface area contributed by atoms with E-state index in [2.05, 4.69) is 240 Å². The summed E-state index contributed by atoms with van der Waals surface area (Å²) in [6, 6.07) is 69.9. The first-order valence-electron chi connectivity index (χ1n) is 22.0. The number of rotatable bonds is 8. The van der Waals surface area contributed by atoms with E-state index in [0.29, 0.717) is 11.8 Å². The molecule has 0 saturated heterocycles. The van der Waals surface area contributed by atoms with E-state index >= 15 is 0 Å². The molecule has 0 bridgehead atoms. The zero-order valence-corrected chi connectivity index (χ0v) is 37.4. The lowest BCUT2D eigenvalue weighted by Gasteiger charge is -2.45. The van der Waals surface area contributed by atoms with Crippen molar-refractivity contribution in [2.75, 3.05) is 9.80 Å². The predicted octanol–water partition coefficient (Wildman–Crippen LogP) is 10.3. The second-order valence-electron chi connectivity index (χ2n) is 17.9. The molecule has 8 aromatic carbocycles. The predicted molar refractivity (Wildman–Crippen MR) is 266 cm³/mol. The molecule has 0 unspecified atom stereocenters. The third kappa shape index (κ3) is 6.22. The van der Waals surface area contributed by atoms with Crippen LogP contribution in [-0.2, 0) is 0 Å². The Morgan fingerprint density at radius 1 is 0.410 bits per heavy atom. The van der Waals surface area contributed by atoms with E-state index < -0.39 is 8.07 Å². The van der Waals surface area contributed by atoms with Crippen molar-refractivity contribution in [3.05, 3.63) is 210 Å². The molecule has 0 aromatic heterocycles. The molecule has 298 valence electrons. The molecule has 0 amide bonds. The summed E-state index contributed by atoms with van der Waals surface area (Å²) in [5, 5.41) is 5.54. The summed E-state index contributed by atoms with van der Waals surface area (Å²) in [6.07, 6.45) is 0. The second kappa shape index (κ2) is 15.3. The van der Waals surface area contributed by atoms with Crippen molar-refractivity contribution in [3.8, 4) is 0 Å². The van der Waals surface area contributed by atoms with Gasteiger partial charge in [-0.1, -0.05) is 173 Å². The molecule has 2 aliphatic rings. The maximum absolute atomic E-state index is 2.85. The fraction of sp³-hybridized carbons (Fsp3) is 0.158. The van der Waals surface area contributed by atoms with Crippen molar-refractivity contribution in [3.63, 3.8) is 0 Å². The topological polar surface area (TPSA) is 6.48 Å². The molecule has 8 aromatic rings. The van der Waals surface area contributed by atoms with E-state index in [1.165, 1.54) is 99.1 Å². The average molecular weight is 805 g/mol. The summed E-state index contributed by atoms with van der Waals surface area (Å²) in [7, 11) is -2.85. The molecule has 0 atom stereocenters. The second-order valence-corrected chi connectivity index (χ2v) is 21.7. The van der Waals surface area contributed by atoms with Crippen LogP contribution in [0, 0.1) is 20.8 Å². The molecule has 0 N–H and O–H groups in total. The Labute approximate surface area is 364 Å². The van der Waals surface area contributed by atoms with Crippen molar-refractivity contribution in [2.45, 2.75) is 60.3 Å². The number of hydrogen-bond donors (Lipinski definition) is 0. The lowest BCUT2D eigenvalue weighted by Crippen LogP contribution is -2.75. The van der Waals surface area contributed by atoms with Gasteiger partial charge in [0.1, 0.15) is 0 Å². The van der Waals surface area contributed by atoms with Crippen LogP contribution in [0.5, 0.6) is 0 Å². The summed E-state index contributed by atoms with van der Waals surface area (Å²) < 4.78 is 0. The Kier molecular flexibility index (Phi) is 9.72. The van der Waals surface area contributed by atoms with Crippen molar-refractivity contribution in [2.24, 2.45) is 0 Å². The third-order valence-corrected chi connectivity index (χ3v) is 18.2. The Hall–Kier alpha value is -6.36. The maximum atomic E-state index is 2.64. The van der Waals surface area contributed by atoms with Gasteiger partial charge in [0.15, 0.2) is 8.07 Å². The standard InChI is InChI=1S/C57H53BN2Si/c1-38(2)43-26-29-45(30-27-43)59-52-32-28-44(39(3)4)36-50(52)58-51-37-49(61(46-20-11-8-12-21-46,47-22-13-9-14-23-47)48-24-15-10-16-25-48)31-33-53(51)60(57-41(6)18-17-19-42(57)7)55-35-40(5)34-54(59)56(55)58/h8-39H,1-7H3. The first-order chi connectivity index (χ1) is 29.7. The SMILES string of the molecule is Cc1cc2c3c(c1)N(c1c(C)cccc1C)c1ccc([Si](c4ccccc4)(c4ccccc4)c4ccccc4)cc1B3c1cc(C(C)C)ccc1N2c1ccc(C(C)C)cc1. The summed E-state index contributed by atoms with van der Waals surface area (Å²) >= 11 is 0. The van der Waals surface area contributed by atoms with Gasteiger partial charge in [-0.3, -0.25) is 0 Å². The van der Waals surface area contributed by atoms with Crippen LogP contribution in [0.4, 0.5) is 34.1 Å². The molecule has 0 saturated carbocycles. The minimum atomic E-state index is -2.85. The minimum Gasteiger partial charge on any atom is -0.311 e. The molecule has 0 radical (unpaired) electrons. The lowest BCUT2D eigenvalue weighted by atomic mass is 9.33. The van der Waals surface area contributed by atoms with Crippen molar-refractivity contribution >= 4 is 86.0 Å². The number of aryl methyl sites for hydroxylation is 3. The van der Waals surface area contributed by atoms with E-state index in [-0.39, 0.29) is 6.71 Å². The lowest BCUT2D eigenvalue weighted by molar-refractivity contribution is 0.866. The number of benzene rings is 8. The summed E-state index contributed by atoms with van der Waals surface area (Å²) in [5.41, 5.74) is 18.1. The Morgan fingerprint density at radius 3 is 1.43 bits per heavy atom. The highest BCUT2D eigenvalue weighted by molar-refractivity contribution is 7.20. The van der Waals surface area contributed by atoms with Crippen molar-refractivity contribution in [1.82, 2.24) is 0 Å². The van der Waals surface area contributed by atoms with Gasteiger partial charge in [0.05, 0.1) is 5.69 Å². The van der Waals surface area contributed by atoms with Gasteiger partial charge in [0, 0.05) is 28.4 Å². The highest BCUT2D eigenvalue weighted by Gasteiger charge is 2.47. The third-order valence-electron chi connectivity index (χ3n) is 13.4. The normalized spacial score (nSPS) is 13.0. The van der Waals surface area contributed by atoms with E-state index in [1.54, 1.807) is 0 Å². The van der Waals surface area contributed by atoms with Gasteiger partial charge < -0.3 is 9.80 Å². The fourth-order valence-corrected chi connectivity index (χ4v) is 15.3. The molecular formula is C57H53BN2Si. The van der Waals surface area contributed by atoms with Gasteiger partial charge in [-0.05, 0) is 134 Å². The van der Waals surface area contributed by atoms with Crippen LogP contribution < -0.4 is 46.9 Å². The van der Waals surface area contributed by atoms with E-state index in [4.69, 9.17) is 0 Å². The largest absolute Gasteiger partial charge is 0.311 e. The first kappa shape index (κ1) is 38.8. The maximum Gasteiger partial charge on any atom is 0.252 e. The Balaban J connectivity index is 1.34. The number of para-hydroxylation sites is 1. The molecule has 0 spiro atoms. The van der Waals surface area contributed by atoms with E-state index in [9.17, 15) is 0 Å². The van der Waals surface area contributed by atoms with Crippen LogP contribution in [0.1, 0.15) is 67.3 Å². The minimum absolute atomic E-state index is 0.00929. The molecule has 0 fully saturated rings. The molecule has 4 heteroatoms. The Morgan fingerprint density at radius 2 is 0.885 bits per heavy atom. The average Bonchev–Trinajstić information content (AvgIpc) is 3.28. The zero-order valence-electron chi connectivity index (χ0n) is 36.4. The van der Waals surface area contributed by atoms with Gasteiger partial charge in [-0.25, -0.2) is 0 Å². The van der Waals surface area contributed by atoms with Crippen LogP contribution in [0.2, 0.25) is 0 Å². The summed E-state index contributed by atoms with van der Waals surface area (Å²) in [6.45, 7) is 16.0. The molecule has 0 aliphatic carbocycles. The number of anilines is 6. The molecule has 2 nitrogen and oxygen atoms in total. The van der Waals surface area contributed by atoms with Gasteiger partial charge in [-0.2, -0.15) is 0 Å². The van der Waals surface area contributed by atoms with Gasteiger partial charge >= 0.3 is 0 Å². The van der Waals surface area contributed by atoms with Crippen molar-refractivity contribution in [1.29, 1.82) is 0 Å². The van der Waals surface area contributed by atoms with E-state index in [1.807, 2.05) is 0 Å². The molecule has 10 rings (SSSR count). The molecular weight excluding hydrogens is 752 g/mol. The highest BCUT2D eigenvalue weighted by atomic mass is 28.3. The number of fused-ring (bicyclic) bond motifs is 4. The van der Waals surface area contributed by atoms with E-state index in [0.717, 1.165) is 0 Å². The van der Waals surface area contributed by atoms with Crippen LogP contribution >= 0.6 is 0 Å². The van der Waals surface area contributed by atoms with Gasteiger partial charge in [0.2, 0.25) is 0 Å². The highest BCUT2D eigenvalue weighted by Crippen LogP contribution is 2.46. The first-order valence-corrected chi connectivity index (χ1v) is 24.0. The van der Waals surface area contributed by atoms with Gasteiger partial charge in [-0.15, -0.1) is 0 Å². The zero-order chi connectivity index (χ0) is 42.0. The molecule has 61 heavy (non-hydrogen) atoms. The number of nitrogens with zero attached hydrogens (tertiary/aromatic N) is 2. The van der Waals surface area contributed by atoms with Crippen LogP contribution in [-0.4, -0.2) is 14.8 Å². The Bertz CT molecular complexity index is 2790. The van der Waals surface area contributed by atoms with Crippen LogP contribution in [0.25, 0.3) is 0 Å². The number of hydrogen-bond acceptors (Lipinski definition) is 2. The van der Waals surface area contributed by atoms with Crippen LogP contribution in [0.15, 0.2) is 182 Å².